The highest BCUT2D eigenvalue weighted by Crippen LogP contribution is 2.19. The van der Waals surface area contributed by atoms with Crippen LogP contribution in [-0.2, 0) is 9.53 Å². The van der Waals surface area contributed by atoms with Crippen molar-refractivity contribution in [2.75, 3.05) is 42.2 Å². The van der Waals surface area contributed by atoms with E-state index in [0.717, 1.165) is 25.9 Å². The fraction of sp³-hybridized carbons (Fsp3) is 0.600. The van der Waals surface area contributed by atoms with E-state index in [1.807, 2.05) is 6.92 Å². The molecule has 1 saturated heterocycles. The second-order valence-corrected chi connectivity index (χ2v) is 6.49. The Bertz CT molecular complexity index is 747. The topological polar surface area (TPSA) is 111 Å². The number of nitrogens with one attached hydrogen (secondary N) is 1. The summed E-state index contributed by atoms with van der Waals surface area (Å²) in [4.78, 5) is 31.2. The number of esters is 1. The number of hydrogen-bond donors (Lipinski definition) is 1. The molecule has 0 saturated carbocycles. The van der Waals surface area contributed by atoms with Crippen LogP contribution in [0.15, 0.2) is 11.5 Å². The molecule has 0 bridgehead atoms. The van der Waals surface area contributed by atoms with Crippen LogP contribution in [0.5, 0.6) is 0 Å². The zero-order valence-electron chi connectivity index (χ0n) is 14.9. The van der Waals surface area contributed by atoms with Gasteiger partial charge in [-0.15, -0.1) is 5.10 Å². The molecule has 2 aromatic heterocycles. The van der Waals surface area contributed by atoms with E-state index >= 15 is 0 Å². The Kier molecular flexibility index (Phi) is 6.21. The SMILES string of the molecule is CCNc1nc(N2CCCC2)nc(-n2cnc(SCC(=O)OCC)n2)n1. The van der Waals surface area contributed by atoms with Crippen LogP contribution in [0.25, 0.3) is 5.95 Å². The summed E-state index contributed by atoms with van der Waals surface area (Å²) in [6.45, 7) is 6.70. The van der Waals surface area contributed by atoms with Gasteiger partial charge in [-0.25, -0.2) is 4.98 Å². The Hall–Kier alpha value is -2.43. The molecule has 3 rings (SSSR count). The molecule has 1 N–H and O–H groups in total. The van der Waals surface area contributed by atoms with Crippen LogP contribution in [-0.4, -0.2) is 67.7 Å². The molecule has 3 heterocycles. The third-order valence-corrected chi connectivity index (χ3v) is 4.46. The van der Waals surface area contributed by atoms with Gasteiger partial charge in [-0.1, -0.05) is 11.8 Å². The Morgan fingerprint density at radius 1 is 1.23 bits per heavy atom. The lowest BCUT2D eigenvalue weighted by Gasteiger charge is -2.16. The molecule has 0 unspecified atom stereocenters. The summed E-state index contributed by atoms with van der Waals surface area (Å²) in [6.07, 6.45) is 3.80. The molecule has 0 spiro atoms. The number of nitrogens with zero attached hydrogens (tertiary/aromatic N) is 7. The number of carbonyl (C=O) groups excluding carboxylic acids is 1. The molecular weight excluding hydrogens is 356 g/mol. The summed E-state index contributed by atoms with van der Waals surface area (Å²) < 4.78 is 6.40. The smallest absolute Gasteiger partial charge is 0.316 e. The van der Waals surface area contributed by atoms with E-state index in [0.29, 0.717) is 36.2 Å². The number of thioether (sulfide) groups is 1. The molecule has 0 aliphatic carbocycles. The first-order chi connectivity index (χ1) is 12.7. The van der Waals surface area contributed by atoms with Crippen LogP contribution < -0.4 is 10.2 Å². The van der Waals surface area contributed by atoms with Gasteiger partial charge in [0.1, 0.15) is 6.33 Å². The standard InChI is InChI=1S/C15H22N8O2S/c1-3-16-12-18-13(22-7-5-6-8-22)20-14(19-12)23-10-17-15(21-23)26-9-11(24)25-4-2/h10H,3-9H2,1-2H3,(H,16,18,19,20). The lowest BCUT2D eigenvalue weighted by atomic mass is 10.4. The molecular formula is C15H22N8O2S. The van der Waals surface area contributed by atoms with Crippen LogP contribution in [0.3, 0.4) is 0 Å². The van der Waals surface area contributed by atoms with E-state index in [-0.39, 0.29) is 11.7 Å². The fourth-order valence-corrected chi connectivity index (χ4v) is 3.09. The van der Waals surface area contributed by atoms with Gasteiger partial charge < -0.3 is 15.0 Å². The number of rotatable bonds is 8. The van der Waals surface area contributed by atoms with Crippen LogP contribution in [0, 0.1) is 0 Å². The molecule has 26 heavy (non-hydrogen) atoms. The highest BCUT2D eigenvalue weighted by Gasteiger charge is 2.18. The second-order valence-electron chi connectivity index (χ2n) is 5.55. The molecule has 140 valence electrons. The molecule has 0 radical (unpaired) electrons. The summed E-state index contributed by atoms with van der Waals surface area (Å²) in [5.41, 5.74) is 0. The van der Waals surface area contributed by atoms with Crippen molar-refractivity contribution in [2.45, 2.75) is 31.8 Å². The molecule has 0 amide bonds. The first-order valence-electron chi connectivity index (χ1n) is 8.65. The van der Waals surface area contributed by atoms with E-state index in [2.05, 4.69) is 35.3 Å². The van der Waals surface area contributed by atoms with Gasteiger partial charge in [-0.3, -0.25) is 4.79 Å². The molecule has 1 fully saturated rings. The minimum absolute atomic E-state index is 0.163. The van der Waals surface area contributed by atoms with Crippen LogP contribution in [0.2, 0.25) is 0 Å². The van der Waals surface area contributed by atoms with Gasteiger partial charge in [-0.2, -0.15) is 19.6 Å². The summed E-state index contributed by atoms with van der Waals surface area (Å²) >= 11 is 1.21. The van der Waals surface area contributed by atoms with Gasteiger partial charge in [0, 0.05) is 19.6 Å². The molecule has 2 aromatic rings. The minimum Gasteiger partial charge on any atom is -0.465 e. The highest BCUT2D eigenvalue weighted by molar-refractivity contribution is 7.99. The summed E-state index contributed by atoms with van der Waals surface area (Å²) in [5.74, 6) is 1.42. The van der Waals surface area contributed by atoms with Gasteiger partial charge in [0.15, 0.2) is 0 Å². The predicted octanol–water partition coefficient (Wildman–Crippen LogP) is 1.14. The molecule has 11 heteroatoms. The van der Waals surface area contributed by atoms with E-state index in [1.54, 1.807) is 6.92 Å². The Balaban J connectivity index is 1.78. The van der Waals surface area contributed by atoms with Crippen molar-refractivity contribution in [1.29, 1.82) is 0 Å². The van der Waals surface area contributed by atoms with Gasteiger partial charge >= 0.3 is 5.97 Å². The summed E-state index contributed by atoms with van der Waals surface area (Å²) in [6, 6.07) is 0. The second kappa shape index (κ2) is 8.79. The quantitative estimate of drug-likeness (QED) is 0.530. The number of aromatic nitrogens is 6. The monoisotopic (exact) mass is 378 g/mol. The highest BCUT2D eigenvalue weighted by atomic mass is 32.2. The first kappa shape index (κ1) is 18.4. The summed E-state index contributed by atoms with van der Waals surface area (Å²) in [7, 11) is 0. The van der Waals surface area contributed by atoms with Crippen LogP contribution in [0.4, 0.5) is 11.9 Å². The molecule has 0 atom stereocenters. The average Bonchev–Trinajstić information content (AvgIpc) is 3.32. The first-order valence-corrected chi connectivity index (χ1v) is 9.63. The number of hydrogen-bond acceptors (Lipinski definition) is 10. The van der Waals surface area contributed by atoms with Crippen molar-refractivity contribution < 1.29 is 9.53 Å². The van der Waals surface area contributed by atoms with Crippen molar-refractivity contribution in [3.05, 3.63) is 6.33 Å². The van der Waals surface area contributed by atoms with Gasteiger partial charge in [-0.05, 0) is 26.7 Å². The number of carbonyl (C=O) groups is 1. The zero-order valence-corrected chi connectivity index (χ0v) is 15.7. The van der Waals surface area contributed by atoms with Gasteiger partial charge in [0.05, 0.1) is 12.4 Å². The zero-order chi connectivity index (χ0) is 18.4. The molecule has 1 aliphatic rings. The van der Waals surface area contributed by atoms with Crippen LogP contribution >= 0.6 is 11.8 Å². The third-order valence-electron chi connectivity index (χ3n) is 3.64. The maximum Gasteiger partial charge on any atom is 0.316 e. The maximum atomic E-state index is 11.4. The number of ether oxygens (including phenoxy) is 1. The molecule has 0 aromatic carbocycles. The van der Waals surface area contributed by atoms with Crippen molar-refractivity contribution in [2.24, 2.45) is 0 Å². The number of anilines is 2. The van der Waals surface area contributed by atoms with E-state index in [1.165, 1.54) is 22.8 Å². The Labute approximate surface area is 155 Å². The Morgan fingerprint density at radius 3 is 2.73 bits per heavy atom. The summed E-state index contributed by atoms with van der Waals surface area (Å²) in [5, 5.41) is 7.93. The van der Waals surface area contributed by atoms with Crippen LogP contribution in [0.1, 0.15) is 26.7 Å². The van der Waals surface area contributed by atoms with Crippen molar-refractivity contribution >= 4 is 29.6 Å². The van der Waals surface area contributed by atoms with Gasteiger partial charge in [0.25, 0.3) is 5.95 Å². The maximum absolute atomic E-state index is 11.4. The van der Waals surface area contributed by atoms with Crippen molar-refractivity contribution in [1.82, 2.24) is 29.7 Å². The van der Waals surface area contributed by atoms with E-state index in [4.69, 9.17) is 4.74 Å². The van der Waals surface area contributed by atoms with E-state index in [9.17, 15) is 4.79 Å². The largest absolute Gasteiger partial charge is 0.465 e. The van der Waals surface area contributed by atoms with Crippen molar-refractivity contribution in [3.63, 3.8) is 0 Å². The Morgan fingerprint density at radius 2 is 2.00 bits per heavy atom. The lowest BCUT2D eigenvalue weighted by Crippen LogP contribution is -2.22. The minimum atomic E-state index is -0.292. The predicted molar refractivity (Wildman–Crippen MR) is 97.7 cm³/mol. The van der Waals surface area contributed by atoms with Gasteiger partial charge in [0.2, 0.25) is 17.1 Å². The third kappa shape index (κ3) is 4.59. The normalized spacial score (nSPS) is 13.8. The van der Waals surface area contributed by atoms with E-state index < -0.39 is 0 Å². The lowest BCUT2D eigenvalue weighted by molar-refractivity contribution is -0.139. The average molecular weight is 378 g/mol. The molecule has 1 aliphatic heterocycles. The van der Waals surface area contributed by atoms with Crippen molar-refractivity contribution in [3.8, 4) is 5.95 Å². The molecule has 10 nitrogen and oxygen atoms in total. The fourth-order valence-electron chi connectivity index (χ4n) is 2.49.